The molecule has 0 radical (unpaired) electrons. The van der Waals surface area contributed by atoms with E-state index < -0.39 is 0 Å². The van der Waals surface area contributed by atoms with Crippen molar-refractivity contribution in [2.24, 2.45) is 0 Å². The first-order valence-corrected chi connectivity index (χ1v) is 5.22. The molecule has 0 bridgehead atoms. The van der Waals surface area contributed by atoms with Gasteiger partial charge in [0, 0.05) is 11.6 Å². The number of hydrogen-bond acceptors (Lipinski definition) is 5. The van der Waals surface area contributed by atoms with Crippen LogP contribution in [0.25, 0.3) is 0 Å². The lowest BCUT2D eigenvalue weighted by molar-refractivity contribution is 0.517. The van der Waals surface area contributed by atoms with Crippen LogP contribution < -0.4 is 0 Å². The number of thiazole rings is 1. The van der Waals surface area contributed by atoms with E-state index in [0.717, 1.165) is 16.0 Å². The largest absolute Gasteiger partial charge is 0.448 e. The Hall–Kier alpha value is -0.810. The lowest BCUT2D eigenvalue weighted by atomic mass is 10.8. The van der Waals surface area contributed by atoms with Crippen molar-refractivity contribution >= 4 is 23.1 Å². The molecule has 3 nitrogen and oxygen atoms in total. The van der Waals surface area contributed by atoms with Gasteiger partial charge in [0.2, 0.25) is 5.89 Å². The Morgan fingerprint density at radius 2 is 2.42 bits per heavy atom. The van der Waals surface area contributed by atoms with E-state index in [1.807, 2.05) is 5.38 Å². The third-order valence-corrected chi connectivity index (χ3v) is 3.16. The number of hydrogen-bond donors (Lipinski definition) is 0. The minimum absolute atomic E-state index is 0.746. The Morgan fingerprint density at radius 1 is 1.42 bits per heavy atom. The van der Waals surface area contributed by atoms with Gasteiger partial charge in [-0.1, -0.05) is 11.8 Å². The Labute approximate surface area is 77.9 Å². The molecule has 2 rings (SSSR count). The van der Waals surface area contributed by atoms with Crippen molar-refractivity contribution < 1.29 is 4.42 Å². The van der Waals surface area contributed by atoms with E-state index in [1.54, 1.807) is 41.8 Å². The molecule has 2 aromatic rings. The molecule has 0 atom stereocenters. The zero-order chi connectivity index (χ0) is 8.23. The molecule has 0 N–H and O–H groups in total. The van der Waals surface area contributed by atoms with E-state index in [0.29, 0.717) is 0 Å². The van der Waals surface area contributed by atoms with Crippen LogP contribution in [-0.4, -0.2) is 9.97 Å². The normalized spacial score (nSPS) is 10.3. The van der Waals surface area contributed by atoms with Crippen LogP contribution in [0.4, 0.5) is 0 Å². The highest BCUT2D eigenvalue weighted by atomic mass is 32.2. The van der Waals surface area contributed by atoms with Crippen molar-refractivity contribution in [2.45, 2.75) is 10.1 Å². The Morgan fingerprint density at radius 3 is 3.08 bits per heavy atom. The first kappa shape index (κ1) is 7.82. The Balaban J connectivity index is 1.91. The van der Waals surface area contributed by atoms with Gasteiger partial charge in [-0.3, -0.25) is 0 Å². The molecule has 0 aliphatic carbocycles. The molecule has 2 heterocycles. The maximum absolute atomic E-state index is 5.08. The molecule has 2 aromatic heterocycles. The topological polar surface area (TPSA) is 38.9 Å². The molecule has 0 spiro atoms. The van der Waals surface area contributed by atoms with Crippen LogP contribution in [0.1, 0.15) is 5.89 Å². The van der Waals surface area contributed by atoms with E-state index in [2.05, 4.69) is 9.97 Å². The van der Waals surface area contributed by atoms with Crippen LogP contribution in [0.2, 0.25) is 0 Å². The summed E-state index contributed by atoms with van der Waals surface area (Å²) in [6, 6.07) is 0. The third kappa shape index (κ3) is 1.86. The number of oxazole rings is 1. The number of thioether (sulfide) groups is 1. The van der Waals surface area contributed by atoms with Crippen LogP contribution in [-0.2, 0) is 5.75 Å². The van der Waals surface area contributed by atoms with Gasteiger partial charge in [-0.05, 0) is 0 Å². The van der Waals surface area contributed by atoms with E-state index in [9.17, 15) is 0 Å². The summed E-state index contributed by atoms with van der Waals surface area (Å²) in [5.74, 6) is 1.50. The van der Waals surface area contributed by atoms with Crippen molar-refractivity contribution in [1.82, 2.24) is 9.97 Å². The van der Waals surface area contributed by atoms with Gasteiger partial charge < -0.3 is 4.42 Å². The predicted octanol–water partition coefficient (Wildman–Crippen LogP) is 2.42. The lowest BCUT2D eigenvalue weighted by Crippen LogP contribution is -1.77. The van der Waals surface area contributed by atoms with Crippen LogP contribution in [0.5, 0.6) is 0 Å². The maximum atomic E-state index is 5.08. The van der Waals surface area contributed by atoms with Crippen molar-refractivity contribution in [2.75, 3.05) is 0 Å². The summed E-state index contributed by atoms with van der Waals surface area (Å²) < 4.78 is 6.13. The second-order valence-electron chi connectivity index (χ2n) is 2.01. The summed E-state index contributed by atoms with van der Waals surface area (Å²) in [5, 5.41) is 1.96. The van der Waals surface area contributed by atoms with Crippen LogP contribution in [0.15, 0.2) is 32.8 Å². The summed E-state index contributed by atoms with van der Waals surface area (Å²) in [5.41, 5.74) is 0. The molecule has 0 saturated carbocycles. The Bertz CT molecular complexity index is 283. The molecule has 62 valence electrons. The predicted molar refractivity (Wildman–Crippen MR) is 48.2 cm³/mol. The van der Waals surface area contributed by atoms with Gasteiger partial charge in [0.15, 0.2) is 0 Å². The zero-order valence-electron chi connectivity index (χ0n) is 6.14. The molecule has 0 aliphatic rings. The van der Waals surface area contributed by atoms with Gasteiger partial charge in [0.1, 0.15) is 10.6 Å². The van der Waals surface area contributed by atoms with Crippen LogP contribution in [0.3, 0.4) is 0 Å². The second-order valence-corrected chi connectivity index (χ2v) is 4.13. The van der Waals surface area contributed by atoms with Crippen molar-refractivity contribution in [3.8, 4) is 0 Å². The smallest absolute Gasteiger partial charge is 0.204 e. The quantitative estimate of drug-likeness (QED) is 0.710. The maximum Gasteiger partial charge on any atom is 0.204 e. The summed E-state index contributed by atoms with van der Waals surface area (Å²) in [6.45, 7) is 0. The first-order chi connectivity index (χ1) is 5.95. The highest BCUT2D eigenvalue weighted by Crippen LogP contribution is 2.23. The fraction of sp³-hybridized carbons (Fsp3) is 0.143. The average molecular weight is 198 g/mol. The van der Waals surface area contributed by atoms with Crippen molar-refractivity contribution in [1.29, 1.82) is 0 Å². The highest BCUT2D eigenvalue weighted by molar-refractivity contribution is 8.00. The monoisotopic (exact) mass is 198 g/mol. The standard InChI is InChI=1S/C7H6N2OS2/c1-3-10-6(8-1)5-12-7-9-2-4-11-7/h1-4H,5H2. The van der Waals surface area contributed by atoms with Gasteiger partial charge in [-0.15, -0.1) is 11.3 Å². The molecule has 0 unspecified atom stereocenters. The highest BCUT2D eigenvalue weighted by Gasteiger charge is 2.00. The van der Waals surface area contributed by atoms with Crippen LogP contribution in [0, 0.1) is 0 Å². The fourth-order valence-electron chi connectivity index (χ4n) is 0.729. The second kappa shape index (κ2) is 3.73. The molecule has 0 saturated heterocycles. The molecular formula is C7H6N2OS2. The summed E-state index contributed by atoms with van der Waals surface area (Å²) in [4.78, 5) is 8.13. The SMILES string of the molecule is c1coc(CSc2nccs2)n1. The molecule has 0 amide bonds. The van der Waals surface area contributed by atoms with Gasteiger partial charge in [-0.2, -0.15) is 0 Å². The summed E-state index contributed by atoms with van der Waals surface area (Å²) in [6.07, 6.45) is 5.03. The molecule has 0 aromatic carbocycles. The van der Waals surface area contributed by atoms with Gasteiger partial charge in [0.25, 0.3) is 0 Å². The first-order valence-electron chi connectivity index (χ1n) is 3.36. The summed E-state index contributed by atoms with van der Waals surface area (Å²) >= 11 is 3.26. The van der Waals surface area contributed by atoms with Crippen molar-refractivity contribution in [3.05, 3.63) is 29.9 Å². The minimum atomic E-state index is 0.746. The number of nitrogens with zero attached hydrogens (tertiary/aromatic N) is 2. The number of aromatic nitrogens is 2. The van der Waals surface area contributed by atoms with Gasteiger partial charge >= 0.3 is 0 Å². The molecule has 0 fully saturated rings. The van der Waals surface area contributed by atoms with Crippen molar-refractivity contribution in [3.63, 3.8) is 0 Å². The summed E-state index contributed by atoms with van der Waals surface area (Å²) in [7, 11) is 0. The van der Waals surface area contributed by atoms with E-state index in [1.165, 1.54) is 0 Å². The van der Waals surface area contributed by atoms with Gasteiger partial charge in [-0.25, -0.2) is 9.97 Å². The lowest BCUT2D eigenvalue weighted by Gasteiger charge is -1.90. The molecule has 0 aliphatic heterocycles. The zero-order valence-corrected chi connectivity index (χ0v) is 7.77. The molecule has 5 heteroatoms. The van der Waals surface area contributed by atoms with E-state index in [-0.39, 0.29) is 0 Å². The fourth-order valence-corrected chi connectivity index (χ4v) is 2.23. The minimum Gasteiger partial charge on any atom is -0.448 e. The average Bonchev–Trinajstić information content (AvgIpc) is 2.74. The van der Waals surface area contributed by atoms with E-state index >= 15 is 0 Å². The van der Waals surface area contributed by atoms with Crippen LogP contribution >= 0.6 is 23.1 Å². The van der Waals surface area contributed by atoms with E-state index in [4.69, 9.17) is 4.42 Å². The third-order valence-electron chi connectivity index (χ3n) is 1.21. The number of rotatable bonds is 3. The molecule has 12 heavy (non-hydrogen) atoms. The Kier molecular flexibility index (Phi) is 2.43. The van der Waals surface area contributed by atoms with Gasteiger partial charge in [0.05, 0.1) is 11.9 Å². The molecular weight excluding hydrogens is 192 g/mol.